The number of rotatable bonds is 2. The largest absolute Gasteiger partial charge is 0.383 e. The van der Waals surface area contributed by atoms with Crippen molar-refractivity contribution < 1.29 is 4.79 Å². The molecule has 2 N–H and O–H groups in total. The lowest BCUT2D eigenvalue weighted by Crippen LogP contribution is -2.39. The summed E-state index contributed by atoms with van der Waals surface area (Å²) in [6, 6.07) is 0.347. The molecular formula is C13H22N4O. The minimum atomic E-state index is 0.0364. The number of hydrogen-bond donors (Lipinski definition) is 1. The molecule has 0 radical (unpaired) electrons. The van der Waals surface area contributed by atoms with Crippen LogP contribution in [0, 0.1) is 0 Å². The van der Waals surface area contributed by atoms with Crippen molar-refractivity contribution in [3.05, 3.63) is 11.8 Å². The standard InChI is InChI=1S/C13H22N4O/c1-3-10-7-5-4-6-8-17(10)13(18)11-9-15-16(2)12(11)14/h9-10H,3-8,14H2,1-2H3. The fourth-order valence-electron chi connectivity index (χ4n) is 2.64. The van der Waals surface area contributed by atoms with Gasteiger partial charge in [-0.05, 0) is 19.3 Å². The van der Waals surface area contributed by atoms with Crippen molar-refractivity contribution in [3.63, 3.8) is 0 Å². The van der Waals surface area contributed by atoms with Gasteiger partial charge in [0.05, 0.1) is 6.20 Å². The first-order valence-electron chi connectivity index (χ1n) is 6.73. The maximum absolute atomic E-state index is 12.5. The third-order valence-corrected chi connectivity index (χ3v) is 3.82. The van der Waals surface area contributed by atoms with Crippen LogP contribution in [-0.4, -0.2) is 33.2 Å². The number of nitrogens with zero attached hydrogens (tertiary/aromatic N) is 3. The summed E-state index contributed by atoms with van der Waals surface area (Å²) in [5.41, 5.74) is 6.43. The van der Waals surface area contributed by atoms with E-state index in [1.54, 1.807) is 17.9 Å². The molecule has 1 unspecified atom stereocenters. The van der Waals surface area contributed by atoms with Gasteiger partial charge in [0.15, 0.2) is 0 Å². The second-order valence-corrected chi connectivity index (χ2v) is 4.98. The zero-order valence-corrected chi connectivity index (χ0v) is 11.2. The average Bonchev–Trinajstić information content (AvgIpc) is 2.59. The number of carbonyl (C=O) groups excluding carboxylic acids is 1. The fraction of sp³-hybridized carbons (Fsp3) is 0.692. The number of aromatic nitrogens is 2. The van der Waals surface area contributed by atoms with Gasteiger partial charge in [-0.3, -0.25) is 9.48 Å². The van der Waals surface area contributed by atoms with Gasteiger partial charge >= 0.3 is 0 Å². The molecule has 100 valence electrons. The Labute approximate surface area is 108 Å². The first-order valence-corrected chi connectivity index (χ1v) is 6.73. The second kappa shape index (κ2) is 5.42. The Kier molecular flexibility index (Phi) is 3.89. The summed E-state index contributed by atoms with van der Waals surface area (Å²) in [5, 5.41) is 4.05. The first-order chi connectivity index (χ1) is 8.65. The normalized spacial score (nSPS) is 20.8. The molecule has 1 aliphatic rings. The van der Waals surface area contributed by atoms with Crippen molar-refractivity contribution >= 4 is 11.7 Å². The van der Waals surface area contributed by atoms with E-state index in [-0.39, 0.29) is 5.91 Å². The molecule has 5 nitrogen and oxygen atoms in total. The predicted octanol–water partition coefficient (Wildman–Crippen LogP) is 1.80. The molecule has 2 heterocycles. The summed E-state index contributed by atoms with van der Waals surface area (Å²) < 4.78 is 1.55. The minimum Gasteiger partial charge on any atom is -0.383 e. The SMILES string of the molecule is CCC1CCCCCN1C(=O)c1cnn(C)c1N. The zero-order chi connectivity index (χ0) is 13.1. The number of nitrogen functional groups attached to an aromatic ring is 1. The summed E-state index contributed by atoms with van der Waals surface area (Å²) in [6.45, 7) is 2.98. The van der Waals surface area contributed by atoms with Gasteiger partial charge in [-0.25, -0.2) is 0 Å². The molecule has 1 aromatic rings. The zero-order valence-electron chi connectivity index (χ0n) is 11.2. The molecule has 0 saturated carbocycles. The Morgan fingerprint density at radius 3 is 2.89 bits per heavy atom. The Bertz CT molecular complexity index is 427. The molecule has 18 heavy (non-hydrogen) atoms. The number of likely N-dealkylation sites (tertiary alicyclic amines) is 1. The van der Waals surface area contributed by atoms with E-state index in [4.69, 9.17) is 5.73 Å². The Morgan fingerprint density at radius 2 is 2.28 bits per heavy atom. The molecule has 1 aliphatic heterocycles. The minimum absolute atomic E-state index is 0.0364. The molecule has 1 saturated heterocycles. The van der Waals surface area contributed by atoms with Gasteiger partial charge < -0.3 is 10.6 Å². The number of anilines is 1. The van der Waals surface area contributed by atoms with Crippen LogP contribution in [0.2, 0.25) is 0 Å². The van der Waals surface area contributed by atoms with Crippen LogP contribution < -0.4 is 5.73 Å². The number of nitrogens with two attached hydrogens (primary N) is 1. The highest BCUT2D eigenvalue weighted by molar-refractivity contribution is 5.98. The maximum Gasteiger partial charge on any atom is 0.259 e. The molecule has 1 aromatic heterocycles. The quantitative estimate of drug-likeness (QED) is 0.870. The predicted molar refractivity (Wildman–Crippen MR) is 71.2 cm³/mol. The third-order valence-electron chi connectivity index (χ3n) is 3.82. The average molecular weight is 250 g/mol. The highest BCUT2D eigenvalue weighted by atomic mass is 16.2. The van der Waals surface area contributed by atoms with E-state index in [1.165, 1.54) is 12.8 Å². The van der Waals surface area contributed by atoms with Gasteiger partial charge in [-0.15, -0.1) is 0 Å². The molecule has 2 rings (SSSR count). The van der Waals surface area contributed by atoms with Crippen LogP contribution in [0.15, 0.2) is 6.20 Å². The van der Waals surface area contributed by atoms with Crippen molar-refractivity contribution in [2.45, 2.75) is 45.1 Å². The van der Waals surface area contributed by atoms with Crippen LogP contribution in [-0.2, 0) is 7.05 Å². The van der Waals surface area contributed by atoms with Crippen LogP contribution in [0.1, 0.15) is 49.4 Å². The summed E-state index contributed by atoms with van der Waals surface area (Å²) >= 11 is 0. The van der Waals surface area contributed by atoms with Crippen molar-refractivity contribution in [1.29, 1.82) is 0 Å². The number of carbonyl (C=O) groups is 1. The van der Waals surface area contributed by atoms with Crippen LogP contribution in [0.25, 0.3) is 0 Å². The van der Waals surface area contributed by atoms with Crippen molar-refractivity contribution in [3.8, 4) is 0 Å². The summed E-state index contributed by atoms with van der Waals surface area (Å²) in [4.78, 5) is 14.5. The second-order valence-electron chi connectivity index (χ2n) is 4.98. The van der Waals surface area contributed by atoms with Gasteiger partial charge in [-0.1, -0.05) is 19.8 Å². The van der Waals surface area contributed by atoms with Crippen LogP contribution in [0.3, 0.4) is 0 Å². The highest BCUT2D eigenvalue weighted by Gasteiger charge is 2.27. The molecular weight excluding hydrogens is 228 g/mol. The Morgan fingerprint density at radius 1 is 1.50 bits per heavy atom. The lowest BCUT2D eigenvalue weighted by Gasteiger charge is -2.29. The van der Waals surface area contributed by atoms with Gasteiger partial charge in [0.1, 0.15) is 11.4 Å². The van der Waals surface area contributed by atoms with Gasteiger partial charge in [0.25, 0.3) is 5.91 Å². The van der Waals surface area contributed by atoms with E-state index < -0.39 is 0 Å². The van der Waals surface area contributed by atoms with Crippen LogP contribution in [0.5, 0.6) is 0 Å². The van der Waals surface area contributed by atoms with E-state index in [0.717, 1.165) is 25.8 Å². The maximum atomic E-state index is 12.5. The Balaban J connectivity index is 2.22. The molecule has 1 atom stereocenters. The van der Waals surface area contributed by atoms with E-state index in [1.807, 2.05) is 4.90 Å². The van der Waals surface area contributed by atoms with E-state index in [2.05, 4.69) is 12.0 Å². The lowest BCUT2D eigenvalue weighted by molar-refractivity contribution is 0.0679. The van der Waals surface area contributed by atoms with E-state index in [9.17, 15) is 4.79 Å². The molecule has 0 bridgehead atoms. The van der Waals surface area contributed by atoms with Crippen LogP contribution >= 0.6 is 0 Å². The Hall–Kier alpha value is -1.52. The summed E-state index contributed by atoms with van der Waals surface area (Å²) in [5.74, 6) is 0.494. The molecule has 1 fully saturated rings. The monoisotopic (exact) mass is 250 g/mol. The number of hydrogen-bond acceptors (Lipinski definition) is 3. The molecule has 0 aliphatic carbocycles. The summed E-state index contributed by atoms with van der Waals surface area (Å²) in [7, 11) is 1.76. The first kappa shape index (κ1) is 12.9. The third kappa shape index (κ3) is 2.35. The van der Waals surface area contributed by atoms with Crippen molar-refractivity contribution in [2.24, 2.45) is 7.05 Å². The van der Waals surface area contributed by atoms with Crippen molar-refractivity contribution in [2.75, 3.05) is 12.3 Å². The van der Waals surface area contributed by atoms with Crippen molar-refractivity contribution in [1.82, 2.24) is 14.7 Å². The summed E-state index contributed by atoms with van der Waals surface area (Å²) in [6.07, 6.45) is 7.19. The van der Waals surface area contributed by atoms with E-state index in [0.29, 0.717) is 17.4 Å². The van der Waals surface area contributed by atoms with Gasteiger partial charge in [0.2, 0.25) is 0 Å². The topological polar surface area (TPSA) is 64.2 Å². The molecule has 1 amide bonds. The van der Waals surface area contributed by atoms with Gasteiger partial charge in [-0.2, -0.15) is 5.10 Å². The molecule has 0 spiro atoms. The highest BCUT2D eigenvalue weighted by Crippen LogP contribution is 2.23. The van der Waals surface area contributed by atoms with Crippen LogP contribution in [0.4, 0.5) is 5.82 Å². The van der Waals surface area contributed by atoms with E-state index >= 15 is 0 Å². The lowest BCUT2D eigenvalue weighted by atomic mass is 10.1. The number of aryl methyl sites for hydroxylation is 1. The molecule has 0 aromatic carbocycles. The van der Waals surface area contributed by atoms with Gasteiger partial charge in [0, 0.05) is 19.6 Å². The smallest absolute Gasteiger partial charge is 0.259 e. The fourth-order valence-corrected chi connectivity index (χ4v) is 2.64. The molecule has 5 heteroatoms. The number of amides is 1.